The number of rotatable bonds is 5. The van der Waals surface area contributed by atoms with Crippen molar-refractivity contribution >= 4 is 0 Å². The van der Waals surface area contributed by atoms with Crippen LogP contribution < -0.4 is 4.74 Å². The molecule has 0 aliphatic rings. The Morgan fingerprint density at radius 1 is 1.53 bits per heavy atom. The van der Waals surface area contributed by atoms with E-state index < -0.39 is 0 Å². The van der Waals surface area contributed by atoms with Crippen LogP contribution in [0.25, 0.3) is 0 Å². The molecule has 0 heterocycles. The van der Waals surface area contributed by atoms with E-state index >= 15 is 0 Å². The summed E-state index contributed by atoms with van der Waals surface area (Å²) in [5.74, 6) is 0.712. The molecule has 0 amide bonds. The van der Waals surface area contributed by atoms with Crippen LogP contribution in [0.2, 0.25) is 0 Å². The molecule has 0 unspecified atom stereocenters. The lowest BCUT2D eigenvalue weighted by Gasteiger charge is -2.09. The van der Waals surface area contributed by atoms with Crippen LogP contribution in [0.5, 0.6) is 5.75 Å². The molecule has 0 atom stereocenters. The summed E-state index contributed by atoms with van der Waals surface area (Å²) in [6, 6.07) is 7.72. The van der Waals surface area contributed by atoms with Gasteiger partial charge in [-0.25, -0.2) is 0 Å². The molecule has 0 spiro atoms. The van der Waals surface area contributed by atoms with Gasteiger partial charge in [0.25, 0.3) is 0 Å². The molecule has 0 aromatic heterocycles. The molecule has 0 N–H and O–H groups in total. The van der Waals surface area contributed by atoms with Crippen molar-refractivity contribution in [2.75, 3.05) is 6.61 Å². The third-order valence-electron chi connectivity index (χ3n) is 2.13. The van der Waals surface area contributed by atoms with Crippen molar-refractivity contribution in [3.05, 3.63) is 42.0 Å². The number of para-hydroxylation sites is 1. The van der Waals surface area contributed by atoms with Crippen molar-refractivity contribution < 1.29 is 4.74 Å². The fourth-order valence-electron chi connectivity index (χ4n) is 1.33. The molecule has 1 aromatic rings. The van der Waals surface area contributed by atoms with E-state index in [0.717, 1.165) is 18.4 Å². The van der Waals surface area contributed by atoms with Crippen LogP contribution in [-0.2, 0) is 0 Å². The maximum absolute atomic E-state index is 8.90. The highest BCUT2D eigenvalue weighted by Gasteiger charge is 2.05. The fourth-order valence-corrected chi connectivity index (χ4v) is 1.33. The zero-order chi connectivity index (χ0) is 11.1. The number of allylic oxidation sites excluding steroid dienone is 1. The zero-order valence-corrected chi connectivity index (χ0v) is 8.99. The van der Waals surface area contributed by atoms with Gasteiger partial charge in [0.15, 0.2) is 0 Å². The van der Waals surface area contributed by atoms with E-state index in [2.05, 4.69) is 12.6 Å². The van der Waals surface area contributed by atoms with E-state index in [-0.39, 0.29) is 0 Å². The topological polar surface area (TPSA) is 33.0 Å². The van der Waals surface area contributed by atoms with Crippen LogP contribution in [0.15, 0.2) is 30.9 Å². The number of aryl methyl sites for hydroxylation is 1. The standard InChI is InChI=1S/C13H15NO/c1-3-4-5-9-15-13-11(2)7-6-8-12(13)10-14/h3,6-8H,1,4-5,9H2,2H3. The van der Waals surface area contributed by atoms with E-state index in [4.69, 9.17) is 10.00 Å². The van der Waals surface area contributed by atoms with Gasteiger partial charge in [0, 0.05) is 0 Å². The number of unbranched alkanes of at least 4 members (excludes halogenated alkanes) is 1. The average molecular weight is 201 g/mol. The van der Waals surface area contributed by atoms with E-state index in [9.17, 15) is 0 Å². The lowest BCUT2D eigenvalue weighted by molar-refractivity contribution is 0.309. The highest BCUT2D eigenvalue weighted by molar-refractivity contribution is 5.47. The molecule has 0 saturated heterocycles. The molecule has 1 aromatic carbocycles. The van der Waals surface area contributed by atoms with Gasteiger partial charge in [0.05, 0.1) is 12.2 Å². The van der Waals surface area contributed by atoms with Crippen molar-refractivity contribution in [3.63, 3.8) is 0 Å². The van der Waals surface area contributed by atoms with Crippen molar-refractivity contribution in [2.24, 2.45) is 0 Å². The second-order valence-corrected chi connectivity index (χ2v) is 3.34. The molecule has 0 fully saturated rings. The normalized spacial score (nSPS) is 9.33. The Bertz CT molecular complexity index is 377. The van der Waals surface area contributed by atoms with Gasteiger partial charge in [-0.1, -0.05) is 18.2 Å². The number of hydrogen-bond donors (Lipinski definition) is 0. The lowest BCUT2D eigenvalue weighted by Crippen LogP contribution is -2.00. The van der Waals surface area contributed by atoms with Crippen molar-refractivity contribution in [2.45, 2.75) is 19.8 Å². The van der Waals surface area contributed by atoms with E-state index in [1.807, 2.05) is 25.1 Å². The molecule has 0 radical (unpaired) electrons. The highest BCUT2D eigenvalue weighted by atomic mass is 16.5. The third kappa shape index (κ3) is 3.14. The lowest BCUT2D eigenvalue weighted by atomic mass is 10.1. The van der Waals surface area contributed by atoms with Crippen LogP contribution in [0, 0.1) is 18.3 Å². The Labute approximate surface area is 90.8 Å². The second kappa shape index (κ2) is 5.87. The number of ether oxygens (including phenoxy) is 1. The first kappa shape index (κ1) is 11.3. The molecule has 15 heavy (non-hydrogen) atoms. The maximum Gasteiger partial charge on any atom is 0.139 e. The first-order valence-corrected chi connectivity index (χ1v) is 5.03. The van der Waals surface area contributed by atoms with Crippen molar-refractivity contribution in [1.82, 2.24) is 0 Å². The van der Waals surface area contributed by atoms with Gasteiger partial charge in [-0.3, -0.25) is 0 Å². The van der Waals surface area contributed by atoms with Gasteiger partial charge in [-0.15, -0.1) is 6.58 Å². The Morgan fingerprint density at radius 2 is 2.33 bits per heavy atom. The van der Waals surface area contributed by atoms with Gasteiger partial charge in [-0.05, 0) is 31.4 Å². The summed E-state index contributed by atoms with van der Waals surface area (Å²) in [6.07, 6.45) is 3.74. The van der Waals surface area contributed by atoms with Crippen LogP contribution in [0.1, 0.15) is 24.0 Å². The Hall–Kier alpha value is -1.75. The number of benzene rings is 1. The molecule has 0 bridgehead atoms. The summed E-state index contributed by atoms with van der Waals surface area (Å²) >= 11 is 0. The minimum Gasteiger partial charge on any atom is -0.492 e. The van der Waals surface area contributed by atoms with E-state index in [0.29, 0.717) is 17.9 Å². The molecule has 0 aliphatic carbocycles. The molecular weight excluding hydrogens is 186 g/mol. The van der Waals surface area contributed by atoms with Crippen molar-refractivity contribution in [3.8, 4) is 11.8 Å². The second-order valence-electron chi connectivity index (χ2n) is 3.34. The summed E-state index contributed by atoms with van der Waals surface area (Å²) in [5, 5.41) is 8.90. The van der Waals surface area contributed by atoms with Crippen molar-refractivity contribution in [1.29, 1.82) is 5.26 Å². The summed E-state index contributed by atoms with van der Waals surface area (Å²) in [5.41, 5.74) is 1.61. The zero-order valence-electron chi connectivity index (χ0n) is 8.99. The molecule has 2 heteroatoms. The number of nitriles is 1. The summed E-state index contributed by atoms with van der Waals surface area (Å²) in [7, 11) is 0. The minimum atomic E-state index is 0.605. The number of hydrogen-bond acceptors (Lipinski definition) is 2. The molecule has 78 valence electrons. The van der Waals surface area contributed by atoms with Gasteiger partial charge in [0.2, 0.25) is 0 Å². The van der Waals surface area contributed by atoms with Gasteiger partial charge in [0.1, 0.15) is 11.8 Å². The SMILES string of the molecule is C=CCCCOc1c(C)cccc1C#N. The molecule has 0 aliphatic heterocycles. The van der Waals surface area contributed by atoms with Crippen LogP contribution in [0.4, 0.5) is 0 Å². The van der Waals surface area contributed by atoms with E-state index in [1.165, 1.54) is 0 Å². The smallest absolute Gasteiger partial charge is 0.139 e. The monoisotopic (exact) mass is 201 g/mol. The first-order chi connectivity index (χ1) is 7.29. The Morgan fingerprint density at radius 3 is 3.00 bits per heavy atom. The number of nitrogens with zero attached hydrogens (tertiary/aromatic N) is 1. The predicted molar refractivity (Wildman–Crippen MR) is 60.8 cm³/mol. The first-order valence-electron chi connectivity index (χ1n) is 5.03. The predicted octanol–water partition coefficient (Wildman–Crippen LogP) is 3.21. The van der Waals surface area contributed by atoms with Crippen LogP contribution in [0.3, 0.4) is 0 Å². The van der Waals surface area contributed by atoms with Gasteiger partial charge >= 0.3 is 0 Å². The molecule has 1 rings (SSSR count). The summed E-state index contributed by atoms with van der Waals surface area (Å²) in [4.78, 5) is 0. The van der Waals surface area contributed by atoms with Gasteiger partial charge in [-0.2, -0.15) is 5.26 Å². The van der Waals surface area contributed by atoms with Crippen LogP contribution >= 0.6 is 0 Å². The van der Waals surface area contributed by atoms with E-state index in [1.54, 1.807) is 6.07 Å². The average Bonchev–Trinajstić information content (AvgIpc) is 2.26. The summed E-state index contributed by atoms with van der Waals surface area (Å²) in [6.45, 7) is 6.23. The Kier molecular flexibility index (Phi) is 4.43. The van der Waals surface area contributed by atoms with Crippen LogP contribution in [-0.4, -0.2) is 6.61 Å². The summed E-state index contributed by atoms with van der Waals surface area (Å²) < 4.78 is 5.59. The Balaban J connectivity index is 2.67. The quantitative estimate of drug-likeness (QED) is 0.541. The molecular formula is C13H15NO. The molecule has 2 nitrogen and oxygen atoms in total. The maximum atomic E-state index is 8.90. The minimum absolute atomic E-state index is 0.605. The third-order valence-corrected chi connectivity index (χ3v) is 2.13. The highest BCUT2D eigenvalue weighted by Crippen LogP contribution is 2.22. The largest absolute Gasteiger partial charge is 0.492 e. The van der Waals surface area contributed by atoms with Gasteiger partial charge < -0.3 is 4.74 Å². The fraction of sp³-hybridized carbons (Fsp3) is 0.308. The molecule has 0 saturated carbocycles.